The molecule has 3 aromatic rings. The summed E-state index contributed by atoms with van der Waals surface area (Å²) in [6.45, 7) is 2.87. The molecule has 0 spiro atoms. The number of carbonyl (C=O) groups is 1. The van der Waals surface area contributed by atoms with Crippen molar-refractivity contribution in [3.8, 4) is 0 Å². The van der Waals surface area contributed by atoms with Crippen molar-refractivity contribution in [3.05, 3.63) is 76.8 Å². The van der Waals surface area contributed by atoms with Gasteiger partial charge in [-0.2, -0.15) is 13.2 Å². The van der Waals surface area contributed by atoms with Gasteiger partial charge in [0.2, 0.25) is 5.91 Å². The number of benzene rings is 2. The number of rotatable bonds is 4. The van der Waals surface area contributed by atoms with E-state index in [0.717, 1.165) is 54.3 Å². The second kappa shape index (κ2) is 9.89. The Kier molecular flexibility index (Phi) is 6.56. The van der Waals surface area contributed by atoms with Gasteiger partial charge < -0.3 is 9.80 Å². The van der Waals surface area contributed by atoms with Crippen LogP contribution in [0.3, 0.4) is 0 Å². The summed E-state index contributed by atoms with van der Waals surface area (Å²) >= 11 is 5.77. The van der Waals surface area contributed by atoms with E-state index in [9.17, 15) is 18.0 Å². The summed E-state index contributed by atoms with van der Waals surface area (Å²) in [7, 11) is 0. The minimum absolute atomic E-state index is 0.0593. The molecule has 0 N–H and O–H groups in total. The zero-order valence-electron chi connectivity index (χ0n) is 20.8. The molecule has 1 aromatic heterocycles. The highest BCUT2D eigenvalue weighted by Gasteiger charge is 2.41. The van der Waals surface area contributed by atoms with Crippen LogP contribution in [0.25, 0.3) is 16.5 Å². The van der Waals surface area contributed by atoms with Crippen LogP contribution in [0.4, 0.5) is 19.0 Å². The van der Waals surface area contributed by atoms with E-state index in [0.29, 0.717) is 43.7 Å². The van der Waals surface area contributed by atoms with Crippen molar-refractivity contribution in [2.24, 2.45) is 0 Å². The smallest absolute Gasteiger partial charge is 0.348 e. The van der Waals surface area contributed by atoms with E-state index < -0.39 is 11.7 Å². The Bertz CT molecular complexity index is 1390. The molecule has 38 heavy (non-hydrogen) atoms. The molecule has 1 amide bonds. The SMILES string of the molecule is O=C(CN1CC2CCC(C1)N2c1ccc2ccccc2n1)N1CC=C(c2ccc(Cl)c(C(F)(F)F)c2)CC1. The maximum absolute atomic E-state index is 13.3. The van der Waals surface area contributed by atoms with Crippen molar-refractivity contribution in [1.29, 1.82) is 0 Å². The molecule has 0 aliphatic carbocycles. The maximum atomic E-state index is 13.3. The van der Waals surface area contributed by atoms with Gasteiger partial charge in [-0.05, 0) is 60.7 Å². The zero-order valence-corrected chi connectivity index (χ0v) is 21.5. The molecule has 2 aromatic carbocycles. The Balaban J connectivity index is 1.08. The zero-order chi connectivity index (χ0) is 26.4. The molecule has 0 saturated carbocycles. The maximum Gasteiger partial charge on any atom is 0.417 e. The number of likely N-dealkylation sites (tertiary alicyclic amines) is 1. The Hall–Kier alpha value is -3.10. The largest absolute Gasteiger partial charge is 0.417 e. The van der Waals surface area contributed by atoms with E-state index in [-0.39, 0.29) is 10.9 Å². The Labute approximate surface area is 224 Å². The van der Waals surface area contributed by atoms with Gasteiger partial charge in [0.05, 0.1) is 22.6 Å². The van der Waals surface area contributed by atoms with Gasteiger partial charge in [0.15, 0.2) is 0 Å². The average Bonchev–Trinajstić information content (AvgIpc) is 3.18. The van der Waals surface area contributed by atoms with E-state index in [2.05, 4.69) is 28.0 Å². The van der Waals surface area contributed by atoms with Gasteiger partial charge in [0.25, 0.3) is 0 Å². The van der Waals surface area contributed by atoms with Crippen LogP contribution in [0.15, 0.2) is 60.7 Å². The number of halogens is 4. The molecule has 2 bridgehead atoms. The fraction of sp³-hybridized carbons (Fsp3) is 0.379. The fourth-order valence-corrected chi connectivity index (χ4v) is 6.31. The van der Waals surface area contributed by atoms with E-state index in [1.807, 2.05) is 24.3 Å². The summed E-state index contributed by atoms with van der Waals surface area (Å²) in [5, 5.41) is 0.823. The number of piperazine rings is 1. The Morgan fingerprint density at radius 1 is 1.03 bits per heavy atom. The second-order valence-corrected chi connectivity index (χ2v) is 10.8. The van der Waals surface area contributed by atoms with Gasteiger partial charge in [-0.25, -0.2) is 4.98 Å². The lowest BCUT2D eigenvalue weighted by Crippen LogP contribution is -2.56. The lowest BCUT2D eigenvalue weighted by atomic mass is 9.97. The minimum Gasteiger partial charge on any atom is -0.348 e. The Morgan fingerprint density at radius 3 is 2.50 bits per heavy atom. The van der Waals surface area contributed by atoms with E-state index in [1.54, 1.807) is 11.0 Å². The van der Waals surface area contributed by atoms with Gasteiger partial charge >= 0.3 is 6.18 Å². The fourth-order valence-electron chi connectivity index (χ4n) is 6.08. The topological polar surface area (TPSA) is 39.7 Å². The van der Waals surface area contributed by atoms with Crippen molar-refractivity contribution in [2.75, 3.05) is 37.6 Å². The predicted octanol–water partition coefficient (Wildman–Crippen LogP) is 5.88. The monoisotopic (exact) mass is 540 g/mol. The summed E-state index contributed by atoms with van der Waals surface area (Å²) in [5.74, 6) is 1.07. The lowest BCUT2D eigenvalue weighted by molar-refractivity contribution is -0.137. The summed E-state index contributed by atoms with van der Waals surface area (Å²) < 4.78 is 39.8. The highest BCUT2D eigenvalue weighted by atomic mass is 35.5. The number of fused-ring (bicyclic) bond motifs is 3. The molecular formula is C29H28ClF3N4O. The molecule has 6 rings (SSSR count). The van der Waals surface area contributed by atoms with E-state index in [1.165, 1.54) is 6.07 Å². The third-order valence-electron chi connectivity index (χ3n) is 7.97. The number of nitrogens with zero attached hydrogens (tertiary/aromatic N) is 4. The van der Waals surface area contributed by atoms with Gasteiger partial charge in [-0.3, -0.25) is 9.69 Å². The standard InChI is InChI=1S/C29H28ClF3N4O/c30-25-9-5-21(15-24(25)29(31,32)33)19-11-13-36(14-12-19)28(38)18-35-16-22-7-8-23(17-35)37(22)27-10-6-20-3-1-2-4-26(20)34-27/h1-6,9-11,15,22-23H,7-8,12-14,16-18H2. The number of pyridine rings is 1. The van der Waals surface area contributed by atoms with Crippen LogP contribution in [0, 0.1) is 0 Å². The number of aromatic nitrogens is 1. The van der Waals surface area contributed by atoms with E-state index >= 15 is 0 Å². The number of anilines is 1. The van der Waals surface area contributed by atoms with Crippen molar-refractivity contribution < 1.29 is 18.0 Å². The normalized spacial score (nSPS) is 22.2. The Morgan fingerprint density at radius 2 is 1.79 bits per heavy atom. The molecule has 2 fully saturated rings. The highest BCUT2D eigenvalue weighted by Crippen LogP contribution is 2.37. The molecule has 2 atom stereocenters. The molecule has 9 heteroatoms. The number of hydrogen-bond donors (Lipinski definition) is 0. The highest BCUT2D eigenvalue weighted by molar-refractivity contribution is 6.31. The first kappa shape index (κ1) is 25.2. The minimum atomic E-state index is -4.50. The second-order valence-electron chi connectivity index (χ2n) is 10.4. The van der Waals surface area contributed by atoms with Crippen LogP contribution >= 0.6 is 11.6 Å². The molecule has 3 aliphatic heterocycles. The summed E-state index contributed by atoms with van der Waals surface area (Å²) in [6, 6.07) is 17.0. The van der Waals surface area contributed by atoms with Crippen LogP contribution in [-0.2, 0) is 11.0 Å². The molecule has 5 nitrogen and oxygen atoms in total. The number of carbonyl (C=O) groups excluding carboxylic acids is 1. The van der Waals surface area contributed by atoms with Gasteiger partial charge in [-0.1, -0.05) is 41.9 Å². The van der Waals surface area contributed by atoms with E-state index in [4.69, 9.17) is 16.6 Å². The number of amides is 1. The molecule has 2 saturated heterocycles. The average molecular weight is 541 g/mol. The van der Waals surface area contributed by atoms with Crippen molar-refractivity contribution >= 4 is 39.8 Å². The number of alkyl halides is 3. The van der Waals surface area contributed by atoms with Crippen LogP contribution in [-0.4, -0.2) is 65.5 Å². The molecule has 4 heterocycles. The van der Waals surface area contributed by atoms with Crippen LogP contribution in [0.5, 0.6) is 0 Å². The molecule has 3 aliphatic rings. The van der Waals surface area contributed by atoms with Gasteiger partial charge in [-0.15, -0.1) is 0 Å². The first-order chi connectivity index (χ1) is 18.3. The van der Waals surface area contributed by atoms with Gasteiger partial charge in [0.1, 0.15) is 5.82 Å². The van der Waals surface area contributed by atoms with Crippen molar-refractivity contribution in [1.82, 2.24) is 14.8 Å². The molecule has 198 valence electrons. The van der Waals surface area contributed by atoms with Gasteiger partial charge in [0, 0.05) is 43.6 Å². The third kappa shape index (κ3) is 4.87. The lowest BCUT2D eigenvalue weighted by Gasteiger charge is -2.42. The van der Waals surface area contributed by atoms with Crippen molar-refractivity contribution in [2.45, 2.75) is 37.5 Å². The van der Waals surface area contributed by atoms with Crippen LogP contribution in [0.1, 0.15) is 30.4 Å². The van der Waals surface area contributed by atoms with Crippen molar-refractivity contribution in [3.63, 3.8) is 0 Å². The quantitative estimate of drug-likeness (QED) is 0.414. The third-order valence-corrected chi connectivity index (χ3v) is 8.30. The predicted molar refractivity (Wildman–Crippen MR) is 143 cm³/mol. The summed E-state index contributed by atoms with van der Waals surface area (Å²) in [4.78, 5) is 24.5. The van der Waals surface area contributed by atoms with Crippen LogP contribution in [0.2, 0.25) is 5.02 Å². The molecular weight excluding hydrogens is 513 g/mol. The number of para-hydroxylation sites is 1. The number of hydrogen-bond acceptors (Lipinski definition) is 4. The first-order valence-electron chi connectivity index (χ1n) is 13.0. The molecule has 0 radical (unpaired) electrons. The summed E-state index contributed by atoms with van der Waals surface area (Å²) in [6.07, 6.45) is 0.0363. The first-order valence-corrected chi connectivity index (χ1v) is 13.3. The van der Waals surface area contributed by atoms with Crippen LogP contribution < -0.4 is 4.90 Å². The summed E-state index contributed by atoms with van der Waals surface area (Å²) in [5.41, 5.74) is 1.48. The molecule has 2 unspecified atom stereocenters.